The molecule has 0 fully saturated rings. The quantitative estimate of drug-likeness (QED) is 0.723. The number of anilines is 1. The highest BCUT2D eigenvalue weighted by atomic mass is 16.5. The number of ether oxygens (including phenoxy) is 1. The first-order chi connectivity index (χ1) is 7.69. The third kappa shape index (κ3) is 2.32. The van der Waals surface area contributed by atoms with Crippen LogP contribution in [-0.4, -0.2) is 31.1 Å². The molecule has 5 nitrogen and oxygen atoms in total. The van der Waals surface area contributed by atoms with Gasteiger partial charge in [-0.05, 0) is 24.7 Å². The van der Waals surface area contributed by atoms with Gasteiger partial charge < -0.3 is 15.8 Å². The molecule has 0 unspecified atom stereocenters. The highest BCUT2D eigenvalue weighted by Gasteiger charge is 2.15. The van der Waals surface area contributed by atoms with Crippen LogP contribution in [0.4, 0.5) is 5.69 Å². The van der Waals surface area contributed by atoms with E-state index in [1.165, 1.54) is 0 Å². The van der Waals surface area contributed by atoms with Gasteiger partial charge in [-0.25, -0.2) is 0 Å². The number of hydrogen-bond acceptors (Lipinski definition) is 4. The number of benzene rings is 1. The monoisotopic (exact) mass is 221 g/mol. The van der Waals surface area contributed by atoms with Crippen molar-refractivity contribution >= 4 is 11.6 Å². The Bertz CT molecular complexity index is 406. The van der Waals surface area contributed by atoms with Gasteiger partial charge in [0.25, 0.3) is 5.91 Å². The summed E-state index contributed by atoms with van der Waals surface area (Å²) in [6.07, 6.45) is 0. The molecule has 5 heteroatoms. The average Bonchev–Trinajstić information content (AvgIpc) is 2.28. The van der Waals surface area contributed by atoms with E-state index >= 15 is 0 Å². The van der Waals surface area contributed by atoms with Gasteiger partial charge in [-0.2, -0.15) is 0 Å². The number of nitrogens with zero attached hydrogens (tertiary/aromatic N) is 1. The molecular formula is C11H15N3O2. The van der Waals surface area contributed by atoms with Crippen molar-refractivity contribution < 1.29 is 9.53 Å². The van der Waals surface area contributed by atoms with E-state index in [0.717, 1.165) is 23.5 Å². The number of nitrogens with one attached hydrogen (secondary N) is 1. The lowest BCUT2D eigenvalue weighted by molar-refractivity contribution is -0.118. The van der Waals surface area contributed by atoms with E-state index in [9.17, 15) is 4.79 Å². The van der Waals surface area contributed by atoms with E-state index in [0.29, 0.717) is 6.67 Å². The van der Waals surface area contributed by atoms with E-state index < -0.39 is 0 Å². The molecule has 1 aromatic rings. The lowest BCUT2D eigenvalue weighted by atomic mass is 10.1. The minimum Gasteiger partial charge on any atom is -0.482 e. The summed E-state index contributed by atoms with van der Waals surface area (Å²) in [5.41, 5.74) is 7.34. The zero-order chi connectivity index (χ0) is 11.5. The lowest BCUT2D eigenvalue weighted by Crippen LogP contribution is -2.27. The van der Waals surface area contributed by atoms with Gasteiger partial charge in [-0.15, -0.1) is 0 Å². The van der Waals surface area contributed by atoms with E-state index in [1.807, 2.05) is 30.1 Å². The van der Waals surface area contributed by atoms with Crippen LogP contribution < -0.4 is 15.8 Å². The molecule has 86 valence electrons. The standard InChI is InChI=1S/C11H15N3O2/c1-14(7-12)5-8-2-3-10-9(4-8)13-11(15)6-16-10/h2-4H,5-7,12H2,1H3,(H,13,15). The van der Waals surface area contributed by atoms with Gasteiger partial charge in [-0.1, -0.05) is 6.07 Å². The predicted molar refractivity (Wildman–Crippen MR) is 61.1 cm³/mol. The van der Waals surface area contributed by atoms with Crippen molar-refractivity contribution in [3.63, 3.8) is 0 Å². The van der Waals surface area contributed by atoms with Gasteiger partial charge in [0.1, 0.15) is 5.75 Å². The van der Waals surface area contributed by atoms with Gasteiger partial charge in [0.2, 0.25) is 0 Å². The summed E-state index contributed by atoms with van der Waals surface area (Å²) < 4.78 is 5.27. The maximum atomic E-state index is 11.1. The topological polar surface area (TPSA) is 67.6 Å². The summed E-state index contributed by atoms with van der Waals surface area (Å²) >= 11 is 0. The Labute approximate surface area is 94.2 Å². The Balaban J connectivity index is 2.18. The largest absolute Gasteiger partial charge is 0.482 e. The number of hydrogen-bond donors (Lipinski definition) is 2. The summed E-state index contributed by atoms with van der Waals surface area (Å²) in [4.78, 5) is 13.1. The first-order valence-electron chi connectivity index (χ1n) is 5.13. The fourth-order valence-corrected chi connectivity index (χ4v) is 1.60. The van der Waals surface area contributed by atoms with E-state index in [2.05, 4.69) is 5.32 Å². The second-order valence-electron chi connectivity index (χ2n) is 3.86. The molecule has 1 amide bonds. The Morgan fingerprint density at radius 3 is 3.12 bits per heavy atom. The lowest BCUT2D eigenvalue weighted by Gasteiger charge is -2.20. The minimum atomic E-state index is -0.114. The molecule has 1 aliphatic rings. The summed E-state index contributed by atoms with van der Waals surface area (Å²) in [7, 11) is 1.94. The molecule has 16 heavy (non-hydrogen) atoms. The Hall–Kier alpha value is -1.59. The third-order valence-corrected chi connectivity index (χ3v) is 2.44. The van der Waals surface area contributed by atoms with Crippen molar-refractivity contribution in [3.8, 4) is 5.75 Å². The smallest absolute Gasteiger partial charge is 0.262 e. The molecule has 1 heterocycles. The number of carbonyl (C=O) groups is 1. The molecule has 1 aromatic carbocycles. The number of carbonyl (C=O) groups excluding carboxylic acids is 1. The number of nitrogens with two attached hydrogens (primary N) is 1. The number of amides is 1. The average molecular weight is 221 g/mol. The Morgan fingerprint density at radius 2 is 2.38 bits per heavy atom. The Morgan fingerprint density at radius 1 is 1.56 bits per heavy atom. The summed E-state index contributed by atoms with van der Waals surface area (Å²) in [6, 6.07) is 5.76. The molecule has 0 spiro atoms. The van der Waals surface area contributed by atoms with Gasteiger partial charge in [-0.3, -0.25) is 9.69 Å². The SMILES string of the molecule is CN(CN)Cc1ccc2c(c1)NC(=O)CO2. The van der Waals surface area contributed by atoms with Crippen molar-refractivity contribution in [2.45, 2.75) is 6.54 Å². The molecule has 0 aromatic heterocycles. The second kappa shape index (κ2) is 4.51. The summed E-state index contributed by atoms with van der Waals surface area (Å²) in [5.74, 6) is 0.607. The fourth-order valence-electron chi connectivity index (χ4n) is 1.60. The number of rotatable bonds is 3. The maximum Gasteiger partial charge on any atom is 0.262 e. The highest BCUT2D eigenvalue weighted by molar-refractivity contribution is 5.95. The highest BCUT2D eigenvalue weighted by Crippen LogP contribution is 2.28. The van der Waals surface area contributed by atoms with Crippen molar-refractivity contribution in [2.75, 3.05) is 25.6 Å². The molecule has 0 bridgehead atoms. The van der Waals surface area contributed by atoms with Crippen LogP contribution in [0.5, 0.6) is 5.75 Å². The minimum absolute atomic E-state index is 0.0923. The van der Waals surface area contributed by atoms with Crippen LogP contribution >= 0.6 is 0 Å². The Kier molecular flexibility index (Phi) is 3.07. The first-order valence-corrected chi connectivity index (χ1v) is 5.13. The van der Waals surface area contributed by atoms with Crippen LogP contribution in [-0.2, 0) is 11.3 Å². The zero-order valence-corrected chi connectivity index (χ0v) is 9.19. The van der Waals surface area contributed by atoms with Crippen molar-refractivity contribution in [2.24, 2.45) is 5.73 Å². The molecule has 0 radical (unpaired) electrons. The van der Waals surface area contributed by atoms with Crippen LogP contribution in [0.2, 0.25) is 0 Å². The molecule has 0 atom stereocenters. The van der Waals surface area contributed by atoms with E-state index in [4.69, 9.17) is 10.5 Å². The fraction of sp³-hybridized carbons (Fsp3) is 0.364. The van der Waals surface area contributed by atoms with Crippen LogP contribution in [0, 0.1) is 0 Å². The van der Waals surface area contributed by atoms with Crippen molar-refractivity contribution in [1.82, 2.24) is 4.90 Å². The van der Waals surface area contributed by atoms with Crippen molar-refractivity contribution in [1.29, 1.82) is 0 Å². The number of fused-ring (bicyclic) bond motifs is 1. The van der Waals surface area contributed by atoms with E-state index in [-0.39, 0.29) is 12.5 Å². The third-order valence-electron chi connectivity index (χ3n) is 2.44. The molecule has 1 aliphatic heterocycles. The molecular weight excluding hydrogens is 206 g/mol. The zero-order valence-electron chi connectivity index (χ0n) is 9.19. The molecule has 3 N–H and O–H groups in total. The molecule has 0 saturated heterocycles. The maximum absolute atomic E-state index is 11.1. The van der Waals surface area contributed by atoms with E-state index in [1.54, 1.807) is 0 Å². The van der Waals surface area contributed by atoms with Gasteiger partial charge in [0.15, 0.2) is 6.61 Å². The summed E-state index contributed by atoms with van der Waals surface area (Å²) in [5, 5.41) is 2.78. The molecule has 0 aliphatic carbocycles. The second-order valence-corrected chi connectivity index (χ2v) is 3.86. The summed E-state index contributed by atoms with van der Waals surface area (Å²) in [6.45, 7) is 1.34. The van der Waals surface area contributed by atoms with Crippen LogP contribution in [0.25, 0.3) is 0 Å². The molecule has 2 rings (SSSR count). The van der Waals surface area contributed by atoms with Gasteiger partial charge >= 0.3 is 0 Å². The van der Waals surface area contributed by atoms with Gasteiger partial charge in [0.05, 0.1) is 5.69 Å². The van der Waals surface area contributed by atoms with Gasteiger partial charge in [0, 0.05) is 13.2 Å². The predicted octanol–water partition coefficient (Wildman–Crippen LogP) is 0.365. The van der Waals surface area contributed by atoms with Crippen LogP contribution in [0.3, 0.4) is 0 Å². The molecule has 0 saturated carbocycles. The first kappa shape index (κ1) is 10.9. The normalized spacial score (nSPS) is 14.3. The van der Waals surface area contributed by atoms with Crippen LogP contribution in [0.1, 0.15) is 5.56 Å². The van der Waals surface area contributed by atoms with Crippen LogP contribution in [0.15, 0.2) is 18.2 Å². The van der Waals surface area contributed by atoms with Crippen molar-refractivity contribution in [3.05, 3.63) is 23.8 Å².